The molecule has 2 aromatic carbocycles. The van der Waals surface area contributed by atoms with E-state index in [1.54, 1.807) is 0 Å². The van der Waals surface area contributed by atoms with Crippen molar-refractivity contribution in [1.29, 1.82) is 0 Å². The molecule has 0 spiro atoms. The number of nitrogens with zero attached hydrogens (tertiary/aromatic N) is 2. The number of anilines is 2. The number of aryl methyl sites for hydroxylation is 1. The number of hydrogen-bond acceptors (Lipinski definition) is 3. The summed E-state index contributed by atoms with van der Waals surface area (Å²) in [5.41, 5.74) is 4.08. The molecule has 1 aliphatic heterocycles. The van der Waals surface area contributed by atoms with Gasteiger partial charge in [-0.3, -0.25) is 0 Å². The van der Waals surface area contributed by atoms with Gasteiger partial charge in [-0.2, -0.15) is 0 Å². The minimum absolute atomic E-state index is 1.00. The second kappa shape index (κ2) is 10.9. The summed E-state index contributed by atoms with van der Waals surface area (Å²) in [4.78, 5) is 5.30. The van der Waals surface area contributed by atoms with Crippen LogP contribution in [0.3, 0.4) is 0 Å². The molecule has 4 heteroatoms. The molecular formula is C24H37N2OS+. The first kappa shape index (κ1) is 22.8. The Morgan fingerprint density at radius 2 is 1.57 bits per heavy atom. The molecule has 0 aromatic heterocycles. The first-order valence-corrected chi connectivity index (χ1v) is 11.2. The fourth-order valence-corrected chi connectivity index (χ4v) is 4.81. The van der Waals surface area contributed by atoms with Gasteiger partial charge in [0.05, 0.1) is 38.6 Å². The molecule has 2 aromatic rings. The zero-order chi connectivity index (χ0) is 20.6. The van der Waals surface area contributed by atoms with E-state index in [4.69, 9.17) is 5.11 Å². The Kier molecular flexibility index (Phi) is 8.87. The minimum atomic E-state index is 1.00. The van der Waals surface area contributed by atoms with Crippen LogP contribution in [-0.2, 0) is 0 Å². The van der Waals surface area contributed by atoms with E-state index < -0.39 is 0 Å². The summed E-state index contributed by atoms with van der Waals surface area (Å²) >= 11 is 1.90. The molecule has 1 N–H and O–H groups in total. The third-order valence-electron chi connectivity index (χ3n) is 5.29. The largest absolute Gasteiger partial charge is 0.400 e. The van der Waals surface area contributed by atoms with Crippen molar-refractivity contribution in [3.05, 3.63) is 48.0 Å². The van der Waals surface area contributed by atoms with Crippen LogP contribution >= 0.6 is 11.8 Å². The highest BCUT2D eigenvalue weighted by Gasteiger charge is 2.24. The Morgan fingerprint density at radius 1 is 0.893 bits per heavy atom. The van der Waals surface area contributed by atoms with Gasteiger partial charge in [-0.25, -0.2) is 0 Å². The number of hydrogen-bond donors (Lipinski definition) is 1. The fourth-order valence-electron chi connectivity index (χ4n) is 3.74. The molecule has 0 aliphatic carbocycles. The third kappa shape index (κ3) is 6.00. The molecule has 0 atom stereocenters. The number of quaternary nitrogens is 1. The summed E-state index contributed by atoms with van der Waals surface area (Å²) in [6.07, 6.45) is 5.21. The van der Waals surface area contributed by atoms with Gasteiger partial charge in [0.2, 0.25) is 0 Å². The highest BCUT2D eigenvalue weighted by Crippen LogP contribution is 2.48. The molecule has 0 amide bonds. The number of aliphatic hydroxyl groups is 1. The van der Waals surface area contributed by atoms with Crippen molar-refractivity contribution in [3.8, 4) is 0 Å². The van der Waals surface area contributed by atoms with Crippen LogP contribution in [0.2, 0.25) is 0 Å². The zero-order valence-corrected chi connectivity index (χ0v) is 19.1. The minimum Gasteiger partial charge on any atom is -0.400 e. The maximum atomic E-state index is 7.00. The third-order valence-corrected chi connectivity index (χ3v) is 6.42. The molecule has 0 unspecified atom stereocenters. The summed E-state index contributed by atoms with van der Waals surface area (Å²) in [6, 6.07) is 15.7. The molecule has 1 aliphatic rings. The molecule has 3 nitrogen and oxygen atoms in total. The monoisotopic (exact) mass is 401 g/mol. The Balaban J connectivity index is 0.00000136. The molecule has 3 rings (SSSR count). The van der Waals surface area contributed by atoms with E-state index in [1.165, 1.54) is 65.5 Å². The normalized spacial score (nSPS) is 12.7. The Labute approximate surface area is 176 Å². The highest BCUT2D eigenvalue weighted by atomic mass is 32.2. The van der Waals surface area contributed by atoms with Crippen LogP contribution in [0.1, 0.15) is 38.2 Å². The van der Waals surface area contributed by atoms with Crippen molar-refractivity contribution < 1.29 is 9.59 Å². The van der Waals surface area contributed by atoms with Crippen molar-refractivity contribution in [2.75, 3.05) is 45.7 Å². The number of benzene rings is 2. The summed E-state index contributed by atoms with van der Waals surface area (Å²) in [6.45, 7) is 8.08. The van der Waals surface area contributed by atoms with E-state index in [0.717, 1.165) is 18.1 Å². The van der Waals surface area contributed by atoms with Crippen molar-refractivity contribution in [3.63, 3.8) is 0 Å². The predicted molar refractivity (Wildman–Crippen MR) is 123 cm³/mol. The van der Waals surface area contributed by atoms with E-state index in [1.807, 2.05) is 11.8 Å². The molecule has 1 heterocycles. The van der Waals surface area contributed by atoms with Gasteiger partial charge in [0.1, 0.15) is 0 Å². The molecule has 0 fully saturated rings. The summed E-state index contributed by atoms with van der Waals surface area (Å²) < 4.78 is 1.13. The maximum absolute atomic E-state index is 7.00. The van der Waals surface area contributed by atoms with Gasteiger partial charge >= 0.3 is 0 Å². The Morgan fingerprint density at radius 3 is 2.32 bits per heavy atom. The van der Waals surface area contributed by atoms with Crippen LogP contribution in [0.5, 0.6) is 0 Å². The lowest BCUT2D eigenvalue weighted by atomic mass is 10.1. The lowest BCUT2D eigenvalue weighted by Crippen LogP contribution is -2.42. The molecule has 0 bridgehead atoms. The molecule has 0 radical (unpaired) electrons. The van der Waals surface area contributed by atoms with Gasteiger partial charge < -0.3 is 14.5 Å². The fraction of sp³-hybridized carbons (Fsp3) is 0.500. The molecule has 0 saturated carbocycles. The van der Waals surface area contributed by atoms with Gasteiger partial charge in [-0.15, -0.1) is 0 Å². The van der Waals surface area contributed by atoms with Crippen LogP contribution in [0.25, 0.3) is 0 Å². The quantitative estimate of drug-likeness (QED) is 0.442. The molecule has 154 valence electrons. The van der Waals surface area contributed by atoms with Gasteiger partial charge in [-0.1, -0.05) is 43.3 Å². The van der Waals surface area contributed by atoms with Crippen LogP contribution in [0.4, 0.5) is 11.4 Å². The standard InChI is InChI=1S/C23H33N2S.CH4O/c1-5-6-9-16-25(3,4)17-10-15-24-20-11-7-8-12-22(20)26-23-14-13-19(2)18-21(23)24;1-2/h7-8,11-14,18H,5-6,9-10,15-17H2,1-4H3;2H,1H3/q+1;. The number of aliphatic hydroxyl groups excluding tert-OH is 1. The van der Waals surface area contributed by atoms with Crippen molar-refractivity contribution >= 4 is 23.1 Å². The van der Waals surface area contributed by atoms with Crippen LogP contribution in [-0.4, -0.2) is 50.4 Å². The lowest BCUT2D eigenvalue weighted by molar-refractivity contribution is -0.890. The second-order valence-electron chi connectivity index (χ2n) is 8.14. The Hall–Kier alpha value is -1.49. The highest BCUT2D eigenvalue weighted by molar-refractivity contribution is 7.99. The van der Waals surface area contributed by atoms with E-state index in [0.29, 0.717) is 0 Å². The topological polar surface area (TPSA) is 23.5 Å². The van der Waals surface area contributed by atoms with Gasteiger partial charge in [0.15, 0.2) is 0 Å². The van der Waals surface area contributed by atoms with Gasteiger partial charge in [-0.05, 0) is 49.6 Å². The van der Waals surface area contributed by atoms with Gasteiger partial charge in [0, 0.05) is 29.9 Å². The number of rotatable bonds is 8. The SMILES string of the molecule is CCCCC[N+](C)(C)CCCN1c2ccccc2Sc2ccc(C)cc21.CO. The first-order chi connectivity index (χ1) is 13.5. The van der Waals surface area contributed by atoms with Gasteiger partial charge in [0.25, 0.3) is 0 Å². The molecular weight excluding hydrogens is 364 g/mol. The number of unbranched alkanes of at least 4 members (excludes halogenated alkanes) is 2. The first-order valence-electron chi connectivity index (χ1n) is 10.4. The molecule has 0 saturated heterocycles. The van der Waals surface area contributed by atoms with Crippen molar-refractivity contribution in [2.45, 2.75) is 49.3 Å². The average Bonchev–Trinajstić information content (AvgIpc) is 2.69. The number of fused-ring (bicyclic) bond motifs is 2. The van der Waals surface area contributed by atoms with Crippen LogP contribution in [0.15, 0.2) is 52.3 Å². The molecule has 28 heavy (non-hydrogen) atoms. The number of para-hydroxylation sites is 1. The summed E-state index contributed by atoms with van der Waals surface area (Å²) in [5.74, 6) is 0. The average molecular weight is 402 g/mol. The Bertz CT molecular complexity index is 745. The summed E-state index contributed by atoms with van der Waals surface area (Å²) in [7, 11) is 5.77. The maximum Gasteiger partial charge on any atom is 0.0799 e. The smallest absolute Gasteiger partial charge is 0.0799 e. The second-order valence-corrected chi connectivity index (χ2v) is 9.22. The zero-order valence-electron chi connectivity index (χ0n) is 18.2. The van der Waals surface area contributed by atoms with Crippen molar-refractivity contribution in [2.24, 2.45) is 0 Å². The van der Waals surface area contributed by atoms with Crippen LogP contribution in [0, 0.1) is 6.92 Å². The van der Waals surface area contributed by atoms with Crippen molar-refractivity contribution in [1.82, 2.24) is 0 Å². The van der Waals surface area contributed by atoms with E-state index in [2.05, 4.69) is 75.3 Å². The van der Waals surface area contributed by atoms with E-state index in [9.17, 15) is 0 Å². The summed E-state index contributed by atoms with van der Waals surface area (Å²) in [5, 5.41) is 7.00. The van der Waals surface area contributed by atoms with E-state index >= 15 is 0 Å². The lowest BCUT2D eigenvalue weighted by Gasteiger charge is -2.35. The van der Waals surface area contributed by atoms with E-state index in [-0.39, 0.29) is 0 Å². The van der Waals surface area contributed by atoms with Crippen LogP contribution < -0.4 is 4.90 Å². The predicted octanol–water partition coefficient (Wildman–Crippen LogP) is 5.86.